The summed E-state index contributed by atoms with van der Waals surface area (Å²) in [5.41, 5.74) is 0. The Bertz CT molecular complexity index is 903. The van der Waals surface area contributed by atoms with Gasteiger partial charge < -0.3 is 14.2 Å². The number of esters is 3. The molecule has 0 aliphatic carbocycles. The second-order valence-corrected chi connectivity index (χ2v) is 19.0. The van der Waals surface area contributed by atoms with Gasteiger partial charge in [-0.2, -0.15) is 0 Å². The first-order valence-electron chi connectivity index (χ1n) is 26.9. The monoisotopic (exact) mass is 849 g/mol. The third kappa shape index (κ3) is 47.5. The van der Waals surface area contributed by atoms with E-state index in [4.69, 9.17) is 14.2 Å². The van der Waals surface area contributed by atoms with Crippen LogP contribution in [0.2, 0.25) is 0 Å². The van der Waals surface area contributed by atoms with Gasteiger partial charge >= 0.3 is 17.9 Å². The van der Waals surface area contributed by atoms with Gasteiger partial charge in [-0.15, -0.1) is 0 Å². The molecule has 0 spiro atoms. The molecule has 1 atom stereocenters. The van der Waals surface area contributed by atoms with Crippen molar-refractivity contribution in [2.45, 2.75) is 310 Å². The lowest BCUT2D eigenvalue weighted by Gasteiger charge is -2.18. The Morgan fingerprint density at radius 1 is 0.317 bits per heavy atom. The van der Waals surface area contributed by atoms with Gasteiger partial charge in [0.1, 0.15) is 13.2 Å². The molecule has 0 unspecified atom stereocenters. The summed E-state index contributed by atoms with van der Waals surface area (Å²) in [5.74, 6) is -0.0272. The van der Waals surface area contributed by atoms with Gasteiger partial charge in [0.2, 0.25) is 0 Å². The molecule has 0 aromatic rings. The van der Waals surface area contributed by atoms with Crippen molar-refractivity contribution in [3.8, 4) is 0 Å². The van der Waals surface area contributed by atoms with Gasteiger partial charge in [0.15, 0.2) is 6.10 Å². The molecule has 6 nitrogen and oxygen atoms in total. The molecule has 0 saturated heterocycles. The Balaban J connectivity index is 4.26. The Morgan fingerprint density at radius 3 is 0.817 bits per heavy atom. The van der Waals surface area contributed by atoms with Crippen LogP contribution in [0.3, 0.4) is 0 Å². The zero-order valence-electron chi connectivity index (χ0n) is 40.9. The van der Waals surface area contributed by atoms with Gasteiger partial charge in [0.25, 0.3) is 0 Å². The van der Waals surface area contributed by atoms with Crippen molar-refractivity contribution in [1.29, 1.82) is 0 Å². The van der Waals surface area contributed by atoms with Crippen molar-refractivity contribution in [3.63, 3.8) is 0 Å². The molecule has 0 aromatic carbocycles. The Morgan fingerprint density at radius 2 is 0.550 bits per heavy atom. The minimum absolute atomic E-state index is 0.0627. The molecular weight excluding hydrogens is 745 g/mol. The van der Waals surface area contributed by atoms with Crippen LogP contribution >= 0.6 is 0 Å². The van der Waals surface area contributed by atoms with Crippen LogP contribution in [0.15, 0.2) is 0 Å². The second kappa shape index (κ2) is 48.4. The van der Waals surface area contributed by atoms with E-state index >= 15 is 0 Å². The van der Waals surface area contributed by atoms with Crippen molar-refractivity contribution in [3.05, 3.63) is 0 Å². The fraction of sp³-hybridized carbons (Fsp3) is 0.944. The highest BCUT2D eigenvalue weighted by atomic mass is 16.6. The number of rotatable bonds is 49. The first kappa shape index (κ1) is 58.4. The van der Waals surface area contributed by atoms with E-state index < -0.39 is 6.10 Å². The van der Waals surface area contributed by atoms with Crippen molar-refractivity contribution in [2.24, 2.45) is 5.92 Å². The number of ether oxygens (including phenoxy) is 3. The topological polar surface area (TPSA) is 78.9 Å². The van der Waals surface area contributed by atoms with E-state index in [2.05, 4.69) is 27.7 Å². The lowest BCUT2D eigenvalue weighted by molar-refractivity contribution is -0.167. The van der Waals surface area contributed by atoms with Gasteiger partial charge in [-0.1, -0.05) is 265 Å². The summed E-state index contributed by atoms with van der Waals surface area (Å²) in [6, 6.07) is 0. The van der Waals surface area contributed by atoms with Gasteiger partial charge in [-0.25, -0.2) is 0 Å². The summed E-state index contributed by atoms with van der Waals surface area (Å²) in [5, 5.41) is 0. The van der Waals surface area contributed by atoms with Crippen LogP contribution in [-0.4, -0.2) is 37.2 Å². The molecule has 0 radical (unpaired) electrons. The van der Waals surface area contributed by atoms with Crippen molar-refractivity contribution in [2.75, 3.05) is 13.2 Å². The third-order valence-electron chi connectivity index (χ3n) is 12.3. The molecule has 6 heteroatoms. The van der Waals surface area contributed by atoms with Crippen LogP contribution in [0.25, 0.3) is 0 Å². The summed E-state index contributed by atoms with van der Waals surface area (Å²) < 4.78 is 16.8. The van der Waals surface area contributed by atoms with Gasteiger partial charge in [-0.05, 0) is 25.2 Å². The maximum absolute atomic E-state index is 12.8. The summed E-state index contributed by atoms with van der Waals surface area (Å²) in [6.07, 6.45) is 50.9. The average molecular weight is 849 g/mol. The zero-order valence-corrected chi connectivity index (χ0v) is 40.9. The molecule has 0 amide bonds. The highest BCUT2D eigenvalue weighted by Crippen LogP contribution is 2.17. The molecule has 0 fully saturated rings. The van der Waals surface area contributed by atoms with E-state index in [0.29, 0.717) is 19.3 Å². The molecular formula is C54H104O6. The van der Waals surface area contributed by atoms with E-state index in [-0.39, 0.29) is 31.1 Å². The van der Waals surface area contributed by atoms with Crippen molar-refractivity contribution >= 4 is 17.9 Å². The first-order valence-corrected chi connectivity index (χ1v) is 26.9. The minimum Gasteiger partial charge on any atom is -0.462 e. The number of hydrogen-bond donors (Lipinski definition) is 0. The van der Waals surface area contributed by atoms with Gasteiger partial charge in [0.05, 0.1) is 0 Å². The van der Waals surface area contributed by atoms with E-state index in [9.17, 15) is 14.4 Å². The molecule has 0 rings (SSSR count). The largest absolute Gasteiger partial charge is 0.462 e. The van der Waals surface area contributed by atoms with E-state index in [0.717, 1.165) is 63.7 Å². The van der Waals surface area contributed by atoms with Crippen LogP contribution in [-0.2, 0) is 28.6 Å². The van der Waals surface area contributed by atoms with Crippen LogP contribution in [0.1, 0.15) is 304 Å². The summed E-state index contributed by atoms with van der Waals surface area (Å²) in [4.78, 5) is 38.0. The molecule has 0 aliphatic rings. The lowest BCUT2D eigenvalue weighted by Crippen LogP contribution is -2.30. The average Bonchev–Trinajstić information content (AvgIpc) is 3.23. The number of carbonyl (C=O) groups excluding carboxylic acids is 3. The second-order valence-electron chi connectivity index (χ2n) is 19.0. The Kier molecular flexibility index (Phi) is 47.2. The molecule has 0 heterocycles. The predicted octanol–water partition coefficient (Wildman–Crippen LogP) is 17.5. The fourth-order valence-corrected chi connectivity index (χ4v) is 8.22. The van der Waals surface area contributed by atoms with Crippen LogP contribution in [0, 0.1) is 5.92 Å². The van der Waals surface area contributed by atoms with E-state index in [1.165, 1.54) is 199 Å². The zero-order chi connectivity index (χ0) is 43.8. The Labute approximate surface area is 374 Å². The maximum atomic E-state index is 12.8. The summed E-state index contributed by atoms with van der Waals surface area (Å²) in [6.45, 7) is 9.02. The highest BCUT2D eigenvalue weighted by molar-refractivity contribution is 5.71. The minimum atomic E-state index is -0.761. The van der Waals surface area contributed by atoms with Crippen molar-refractivity contribution in [1.82, 2.24) is 0 Å². The number of hydrogen-bond acceptors (Lipinski definition) is 6. The molecule has 0 bridgehead atoms. The SMILES string of the molecule is CCCCCCCCCCCCCCCCCCCCC(=O)OC[C@H](COC(=O)CCCCCCCCCCCCC)OC(=O)CCCCCCCCCCCCC(C)C. The van der Waals surface area contributed by atoms with Crippen LogP contribution in [0.5, 0.6) is 0 Å². The van der Waals surface area contributed by atoms with Crippen LogP contribution < -0.4 is 0 Å². The fourth-order valence-electron chi connectivity index (χ4n) is 8.22. The molecule has 0 aromatic heterocycles. The molecule has 0 aliphatic heterocycles. The number of carbonyl (C=O) groups is 3. The molecule has 356 valence electrons. The maximum Gasteiger partial charge on any atom is 0.306 e. The molecule has 0 N–H and O–H groups in total. The first-order chi connectivity index (χ1) is 29.4. The summed E-state index contributed by atoms with van der Waals surface area (Å²) >= 11 is 0. The quantitative estimate of drug-likeness (QED) is 0.0345. The predicted molar refractivity (Wildman–Crippen MR) is 257 cm³/mol. The normalized spacial score (nSPS) is 11.9. The van der Waals surface area contributed by atoms with E-state index in [1.54, 1.807) is 0 Å². The van der Waals surface area contributed by atoms with E-state index in [1.807, 2.05) is 0 Å². The summed E-state index contributed by atoms with van der Waals surface area (Å²) in [7, 11) is 0. The smallest absolute Gasteiger partial charge is 0.306 e. The molecule has 60 heavy (non-hydrogen) atoms. The van der Waals surface area contributed by atoms with Gasteiger partial charge in [-0.3, -0.25) is 14.4 Å². The Hall–Kier alpha value is -1.59. The lowest BCUT2D eigenvalue weighted by atomic mass is 10.0. The number of unbranched alkanes of at least 4 members (excludes halogenated alkanes) is 36. The van der Waals surface area contributed by atoms with Gasteiger partial charge in [0, 0.05) is 19.3 Å². The standard InChI is InChI=1S/C54H104O6/c1-5-7-9-11-13-15-17-18-19-20-21-22-23-25-30-34-38-42-46-53(56)59-49-51(48-58-52(55)45-41-37-33-29-24-16-14-12-10-8-6-2)60-54(57)47-43-39-35-31-27-26-28-32-36-40-44-50(3)4/h50-51H,5-49H2,1-4H3/t51-/m0/s1. The third-order valence-corrected chi connectivity index (χ3v) is 12.3. The van der Waals surface area contributed by atoms with Crippen molar-refractivity contribution < 1.29 is 28.6 Å². The highest BCUT2D eigenvalue weighted by Gasteiger charge is 2.19. The molecule has 0 saturated carbocycles. The van der Waals surface area contributed by atoms with Crippen LogP contribution in [0.4, 0.5) is 0 Å².